The van der Waals surface area contributed by atoms with Crippen molar-refractivity contribution in [1.29, 1.82) is 0 Å². The van der Waals surface area contributed by atoms with E-state index in [2.05, 4.69) is 20.0 Å². The van der Waals surface area contributed by atoms with Crippen LogP contribution < -0.4 is 14.8 Å². The number of hydrogen-bond acceptors (Lipinski definition) is 8. The summed E-state index contributed by atoms with van der Waals surface area (Å²) in [6.07, 6.45) is -5.59. The van der Waals surface area contributed by atoms with Gasteiger partial charge in [0.2, 0.25) is 11.8 Å². The summed E-state index contributed by atoms with van der Waals surface area (Å²) in [6, 6.07) is 10.4. The van der Waals surface area contributed by atoms with E-state index in [1.807, 2.05) is 32.0 Å². The Morgan fingerprint density at radius 3 is 2.41 bits per heavy atom. The molecule has 11 nitrogen and oxygen atoms in total. The average Bonchev–Trinajstić information content (AvgIpc) is 3.78. The van der Waals surface area contributed by atoms with Gasteiger partial charge in [-0.15, -0.1) is 0 Å². The van der Waals surface area contributed by atoms with Gasteiger partial charge in [0.05, 0.1) is 28.2 Å². The first-order valence-corrected chi connectivity index (χ1v) is 17.6. The van der Waals surface area contributed by atoms with Crippen molar-refractivity contribution in [3.63, 3.8) is 0 Å². The van der Waals surface area contributed by atoms with Gasteiger partial charge in [0, 0.05) is 29.3 Å². The Bertz CT molecular complexity index is 1860. The van der Waals surface area contributed by atoms with Gasteiger partial charge in [-0.05, 0) is 89.1 Å². The molecule has 3 aliphatic rings. The number of anilines is 1. The fraction of sp³-hybridized carbons (Fsp3) is 0.471. The van der Waals surface area contributed by atoms with Crippen LogP contribution in [0.15, 0.2) is 53.4 Å². The van der Waals surface area contributed by atoms with Crippen LogP contribution in [0.4, 0.5) is 23.9 Å². The summed E-state index contributed by atoms with van der Waals surface area (Å²) in [5.74, 6) is -1.02. The molecule has 2 heterocycles. The second kappa shape index (κ2) is 12.8. The summed E-state index contributed by atoms with van der Waals surface area (Å²) in [5.41, 5.74) is 0.746. The van der Waals surface area contributed by atoms with Crippen molar-refractivity contribution in [2.24, 2.45) is 5.41 Å². The molecule has 2 aliphatic carbocycles. The van der Waals surface area contributed by atoms with E-state index in [1.54, 1.807) is 13.8 Å². The number of ether oxygens (including phenoxy) is 2. The van der Waals surface area contributed by atoms with Gasteiger partial charge >= 0.3 is 12.3 Å². The van der Waals surface area contributed by atoms with Crippen molar-refractivity contribution >= 4 is 28.0 Å². The Balaban J connectivity index is 1.43. The molecule has 2 aromatic carbocycles. The Morgan fingerprint density at radius 2 is 1.78 bits per heavy atom. The first kappa shape index (κ1) is 34.5. The first-order valence-electron chi connectivity index (χ1n) is 16.1. The molecule has 0 spiro atoms. The van der Waals surface area contributed by atoms with Crippen LogP contribution in [0.1, 0.15) is 67.4 Å². The van der Waals surface area contributed by atoms with E-state index in [0.717, 1.165) is 11.1 Å². The highest BCUT2D eigenvalue weighted by atomic mass is 32.2. The zero-order valence-electron chi connectivity index (χ0n) is 27.5. The lowest BCUT2D eigenvalue weighted by molar-refractivity contribution is -0.193. The van der Waals surface area contributed by atoms with E-state index in [-0.39, 0.29) is 66.7 Å². The molecule has 0 unspecified atom stereocenters. The number of amides is 2. The number of benzene rings is 2. The number of alkyl carbamates (subject to hydrolysis) is 1. The topological polar surface area (TPSA) is 140 Å². The van der Waals surface area contributed by atoms with Gasteiger partial charge in [-0.1, -0.05) is 24.3 Å². The van der Waals surface area contributed by atoms with Crippen LogP contribution in [-0.2, 0) is 14.8 Å². The van der Waals surface area contributed by atoms with Crippen LogP contribution in [0.3, 0.4) is 0 Å². The number of halogens is 3. The van der Waals surface area contributed by atoms with Crippen molar-refractivity contribution in [2.75, 3.05) is 11.3 Å². The maximum Gasteiger partial charge on any atom is 0.407 e. The molecule has 49 heavy (non-hydrogen) atoms. The number of carbonyl (C=O) groups excluding carboxylic acids is 2. The predicted octanol–water partition coefficient (Wildman–Crippen LogP) is 6.16. The number of nitrogens with one attached hydrogen (secondary N) is 2. The Morgan fingerprint density at radius 1 is 1.10 bits per heavy atom. The summed E-state index contributed by atoms with van der Waals surface area (Å²) in [5, 5.41) is 2.74. The number of hydrogen-bond donors (Lipinski definition) is 2. The van der Waals surface area contributed by atoms with Gasteiger partial charge in [0.15, 0.2) is 0 Å². The van der Waals surface area contributed by atoms with Crippen LogP contribution in [-0.4, -0.2) is 72.3 Å². The quantitative estimate of drug-likeness (QED) is 0.312. The Labute approximate surface area is 282 Å². The number of nitrogens with zero attached hydrogens (tertiary/aromatic N) is 3. The molecule has 2 fully saturated rings. The first-order chi connectivity index (χ1) is 23.0. The largest absolute Gasteiger partial charge is 0.475 e. The third-order valence-electron chi connectivity index (χ3n) is 9.36. The van der Waals surface area contributed by atoms with Crippen molar-refractivity contribution in [3.8, 4) is 17.1 Å². The Kier molecular flexibility index (Phi) is 9.01. The van der Waals surface area contributed by atoms with Crippen LogP contribution in [0, 0.1) is 19.3 Å². The zero-order chi connectivity index (χ0) is 35.3. The maximum atomic E-state index is 14.4. The lowest BCUT2D eigenvalue weighted by atomic mass is 9.83. The molecule has 1 atom stereocenters. The number of aryl methyl sites for hydroxylation is 2. The van der Waals surface area contributed by atoms with Crippen molar-refractivity contribution < 1.29 is 40.7 Å². The Hall–Kier alpha value is -4.40. The molecule has 4 bridgehead atoms. The van der Waals surface area contributed by atoms with Crippen molar-refractivity contribution in [3.05, 3.63) is 65.2 Å². The number of rotatable bonds is 6. The van der Waals surface area contributed by atoms with Crippen LogP contribution >= 0.6 is 0 Å². The molecule has 1 aromatic heterocycles. The summed E-state index contributed by atoms with van der Waals surface area (Å²) in [7, 11) is -4.33. The minimum absolute atomic E-state index is 0.0246. The number of aromatic nitrogens is 2. The fourth-order valence-electron chi connectivity index (χ4n) is 6.62. The minimum Gasteiger partial charge on any atom is -0.475 e. The molecule has 6 rings (SSSR count). The van der Waals surface area contributed by atoms with Gasteiger partial charge in [0.25, 0.3) is 15.9 Å². The van der Waals surface area contributed by atoms with Gasteiger partial charge in [-0.2, -0.15) is 18.2 Å². The van der Waals surface area contributed by atoms with Crippen molar-refractivity contribution in [1.82, 2.24) is 20.2 Å². The average molecular weight is 702 g/mol. The molecular weight excluding hydrogens is 663 g/mol. The smallest absolute Gasteiger partial charge is 0.407 e. The molecule has 0 radical (unpaired) electrons. The molecule has 2 N–H and O–H groups in total. The van der Waals surface area contributed by atoms with E-state index in [9.17, 15) is 31.2 Å². The highest BCUT2D eigenvalue weighted by Crippen LogP contribution is 2.61. The molecular formula is C34H38F3N5O6S. The lowest BCUT2D eigenvalue weighted by Crippen LogP contribution is -2.60. The fourth-order valence-corrected chi connectivity index (χ4v) is 7.61. The summed E-state index contributed by atoms with van der Waals surface area (Å²) in [4.78, 5) is 36.5. The van der Waals surface area contributed by atoms with Crippen LogP contribution in [0.5, 0.6) is 5.88 Å². The summed E-state index contributed by atoms with van der Waals surface area (Å²) < 4.78 is 84.2. The highest BCUT2D eigenvalue weighted by molar-refractivity contribution is 7.92. The number of fused-ring (bicyclic) bond motifs is 4. The van der Waals surface area contributed by atoms with Gasteiger partial charge in [-0.25, -0.2) is 22.9 Å². The van der Waals surface area contributed by atoms with Gasteiger partial charge < -0.3 is 19.7 Å². The zero-order valence-corrected chi connectivity index (χ0v) is 28.3. The summed E-state index contributed by atoms with van der Waals surface area (Å²) in [6.45, 7) is 6.79. The van der Waals surface area contributed by atoms with Crippen LogP contribution in [0.25, 0.3) is 11.3 Å². The second-order valence-corrected chi connectivity index (χ2v) is 15.1. The number of carbonyl (C=O) groups is 2. The third kappa shape index (κ3) is 7.17. The van der Waals surface area contributed by atoms with E-state index < -0.39 is 52.1 Å². The van der Waals surface area contributed by atoms with E-state index in [0.29, 0.717) is 11.3 Å². The molecule has 2 saturated carbocycles. The standard InChI is InChI=1S/C34H38F3N5O6S/c1-19(2)48-32(44)38-23-14-24(15-23)42-25(17-33(11-12-33)34(35,36)37)18-47-28-16-27(29-20(3)7-5-8-21(29)4)39-31(40-28)41-49(45,46)26-10-6-9-22(13-26)30(42)43/h5-10,13,16,19,23-25H,11-12,14-15,17-18H2,1-4H3,(H,38,44)(H,39,40,41)/t23-,24+,25-/m1/s1. The molecule has 262 valence electrons. The summed E-state index contributed by atoms with van der Waals surface area (Å²) >= 11 is 0. The predicted molar refractivity (Wildman–Crippen MR) is 174 cm³/mol. The SMILES string of the molecule is Cc1cccc(C)c1-c1cc2nc(n1)NS(=O)(=O)c1cccc(c1)C(=O)N([C@H]1C[C@@H](NC(=O)OC(C)C)C1)[C@H](CC1(C(F)(F)F)CC1)CO2. The van der Waals surface area contributed by atoms with Gasteiger partial charge in [0.1, 0.15) is 6.61 Å². The number of sulfonamides is 1. The van der Waals surface area contributed by atoms with Crippen LogP contribution in [0.2, 0.25) is 0 Å². The molecule has 1 aliphatic heterocycles. The minimum atomic E-state index is -4.51. The molecule has 15 heteroatoms. The van der Waals surface area contributed by atoms with E-state index in [4.69, 9.17) is 9.47 Å². The monoisotopic (exact) mass is 701 g/mol. The number of alkyl halides is 3. The molecule has 2 amide bonds. The molecule has 0 saturated heterocycles. The molecule has 3 aromatic rings. The maximum absolute atomic E-state index is 14.4. The van der Waals surface area contributed by atoms with E-state index in [1.165, 1.54) is 35.2 Å². The third-order valence-corrected chi connectivity index (χ3v) is 10.7. The van der Waals surface area contributed by atoms with E-state index >= 15 is 0 Å². The van der Waals surface area contributed by atoms with Gasteiger partial charge in [-0.3, -0.25) is 4.79 Å². The van der Waals surface area contributed by atoms with Crippen molar-refractivity contribution in [2.45, 2.75) is 95.1 Å². The normalized spacial score (nSPS) is 22.7. The highest BCUT2D eigenvalue weighted by Gasteiger charge is 2.64. The second-order valence-electron chi connectivity index (χ2n) is 13.4. The lowest BCUT2D eigenvalue weighted by Gasteiger charge is -2.47.